The van der Waals surface area contributed by atoms with E-state index in [1.165, 1.54) is 0 Å². The summed E-state index contributed by atoms with van der Waals surface area (Å²) in [6.07, 6.45) is 0.474. The largest absolute Gasteiger partial charge is 0.365 e. The third-order valence-corrected chi connectivity index (χ3v) is 2.48. The molecule has 2 nitrogen and oxygen atoms in total. The highest BCUT2D eigenvalue weighted by molar-refractivity contribution is 4.96. The minimum atomic E-state index is 0.155. The Kier molecular flexibility index (Phi) is 2.55. The molecule has 0 spiro atoms. The Balaban J connectivity index is 2.21. The molecule has 0 aliphatic carbocycles. The number of rotatable bonds is 4. The highest BCUT2D eigenvalue weighted by Crippen LogP contribution is 2.35. The van der Waals surface area contributed by atoms with Gasteiger partial charge in [-0.25, -0.2) is 0 Å². The summed E-state index contributed by atoms with van der Waals surface area (Å²) in [6, 6.07) is 0. The summed E-state index contributed by atoms with van der Waals surface area (Å²) in [7, 11) is 0. The lowest BCUT2D eigenvalue weighted by Crippen LogP contribution is -2.29. The fraction of sp³-hybridized carbons (Fsp3) is 1.00. The first kappa shape index (κ1) is 9.01. The molecule has 0 N–H and O–H groups in total. The topological polar surface area (TPSA) is 15.8 Å². The van der Waals surface area contributed by atoms with Crippen LogP contribution >= 0.6 is 0 Å². The Morgan fingerprint density at radius 2 is 1.73 bits per heavy atom. The molecule has 1 fully saturated rings. The Labute approximate surface area is 69.5 Å². The zero-order chi connectivity index (χ0) is 8.48. The number of hydrogen-bond donors (Lipinski definition) is 0. The van der Waals surface area contributed by atoms with Crippen molar-refractivity contribution in [2.24, 2.45) is 0 Å². The summed E-state index contributed by atoms with van der Waals surface area (Å²) in [4.78, 5) is 2.40. The van der Waals surface area contributed by atoms with Crippen LogP contribution in [-0.4, -0.2) is 36.2 Å². The second-order valence-corrected chi connectivity index (χ2v) is 3.70. The minimum absolute atomic E-state index is 0.155. The third kappa shape index (κ3) is 2.17. The van der Waals surface area contributed by atoms with Gasteiger partial charge >= 0.3 is 0 Å². The van der Waals surface area contributed by atoms with Crippen molar-refractivity contribution in [1.29, 1.82) is 0 Å². The highest BCUT2D eigenvalue weighted by atomic mass is 16.6. The number of hydrogen-bond acceptors (Lipinski definition) is 2. The third-order valence-electron chi connectivity index (χ3n) is 2.48. The summed E-state index contributed by atoms with van der Waals surface area (Å²) >= 11 is 0. The molecule has 1 aliphatic heterocycles. The Morgan fingerprint density at radius 3 is 2.00 bits per heavy atom. The zero-order valence-corrected chi connectivity index (χ0v) is 8.05. The van der Waals surface area contributed by atoms with Crippen LogP contribution in [0.4, 0.5) is 0 Å². The minimum Gasteiger partial charge on any atom is -0.365 e. The van der Waals surface area contributed by atoms with E-state index in [9.17, 15) is 0 Å². The van der Waals surface area contributed by atoms with Gasteiger partial charge in [-0.3, -0.25) is 0 Å². The van der Waals surface area contributed by atoms with E-state index in [0.717, 1.165) is 19.6 Å². The predicted molar refractivity (Wildman–Crippen MR) is 46.7 cm³/mol. The predicted octanol–water partition coefficient (Wildman–Crippen LogP) is 1.51. The number of epoxide rings is 1. The van der Waals surface area contributed by atoms with E-state index < -0.39 is 0 Å². The van der Waals surface area contributed by atoms with Crippen molar-refractivity contribution < 1.29 is 4.74 Å². The molecule has 0 aromatic rings. The summed E-state index contributed by atoms with van der Waals surface area (Å²) in [5.41, 5.74) is 0.155. The lowest BCUT2D eigenvalue weighted by Gasteiger charge is -2.16. The average molecular weight is 157 g/mol. The molecule has 66 valence electrons. The maximum Gasteiger partial charge on any atom is 0.0994 e. The van der Waals surface area contributed by atoms with E-state index in [2.05, 4.69) is 32.6 Å². The number of ether oxygens (including phenoxy) is 1. The summed E-state index contributed by atoms with van der Waals surface area (Å²) < 4.78 is 5.50. The van der Waals surface area contributed by atoms with Crippen molar-refractivity contribution in [3.05, 3.63) is 0 Å². The molecule has 0 amide bonds. The Morgan fingerprint density at radius 1 is 1.27 bits per heavy atom. The number of likely N-dealkylation sites (N-methyl/N-ethyl adjacent to an activating group) is 1. The van der Waals surface area contributed by atoms with Gasteiger partial charge in [-0.15, -0.1) is 0 Å². The molecular weight excluding hydrogens is 138 g/mol. The molecule has 2 heteroatoms. The molecule has 0 bridgehead atoms. The first-order valence-electron chi connectivity index (χ1n) is 4.50. The molecule has 0 saturated carbocycles. The lowest BCUT2D eigenvalue weighted by atomic mass is 10.1. The SMILES string of the molecule is CCN(CC)C[C@@H]1OC1(C)C. The van der Waals surface area contributed by atoms with Crippen molar-refractivity contribution in [2.45, 2.75) is 39.4 Å². The zero-order valence-electron chi connectivity index (χ0n) is 8.05. The molecule has 0 unspecified atom stereocenters. The Hall–Kier alpha value is -0.0800. The standard InChI is InChI=1S/C9H19NO/c1-5-10(6-2)7-8-9(3,4)11-8/h8H,5-7H2,1-4H3/t8-/m0/s1. The van der Waals surface area contributed by atoms with Gasteiger partial charge < -0.3 is 9.64 Å². The summed E-state index contributed by atoms with van der Waals surface area (Å²) in [5.74, 6) is 0. The van der Waals surface area contributed by atoms with Crippen LogP contribution in [0.3, 0.4) is 0 Å². The van der Waals surface area contributed by atoms with Crippen molar-refractivity contribution in [2.75, 3.05) is 19.6 Å². The smallest absolute Gasteiger partial charge is 0.0994 e. The molecule has 0 radical (unpaired) electrons. The van der Waals surface area contributed by atoms with Gasteiger partial charge in [0.25, 0.3) is 0 Å². The van der Waals surface area contributed by atoms with Crippen LogP contribution < -0.4 is 0 Å². The van der Waals surface area contributed by atoms with Gasteiger partial charge in [-0.2, -0.15) is 0 Å². The van der Waals surface area contributed by atoms with Crippen LogP contribution in [-0.2, 0) is 4.74 Å². The fourth-order valence-electron chi connectivity index (χ4n) is 1.31. The second-order valence-electron chi connectivity index (χ2n) is 3.70. The molecule has 0 aromatic heterocycles. The molecule has 1 saturated heterocycles. The average Bonchev–Trinajstić information content (AvgIpc) is 2.54. The first-order valence-corrected chi connectivity index (χ1v) is 4.50. The van der Waals surface area contributed by atoms with Gasteiger partial charge in [0.2, 0.25) is 0 Å². The normalized spacial score (nSPS) is 27.5. The molecule has 1 atom stereocenters. The van der Waals surface area contributed by atoms with E-state index in [4.69, 9.17) is 4.74 Å². The van der Waals surface area contributed by atoms with Gasteiger partial charge in [-0.05, 0) is 26.9 Å². The summed E-state index contributed by atoms with van der Waals surface area (Å²) in [6.45, 7) is 12.1. The van der Waals surface area contributed by atoms with Crippen molar-refractivity contribution in [3.8, 4) is 0 Å². The van der Waals surface area contributed by atoms with E-state index in [1.54, 1.807) is 0 Å². The van der Waals surface area contributed by atoms with Crippen LogP contribution in [0, 0.1) is 0 Å². The second kappa shape index (κ2) is 3.11. The van der Waals surface area contributed by atoms with Crippen molar-refractivity contribution in [3.63, 3.8) is 0 Å². The molecular formula is C9H19NO. The fourth-order valence-corrected chi connectivity index (χ4v) is 1.31. The molecule has 11 heavy (non-hydrogen) atoms. The van der Waals surface area contributed by atoms with Crippen LogP contribution in [0.25, 0.3) is 0 Å². The van der Waals surface area contributed by atoms with Gasteiger partial charge in [0.05, 0.1) is 11.7 Å². The maximum absolute atomic E-state index is 5.50. The van der Waals surface area contributed by atoms with E-state index in [0.29, 0.717) is 6.10 Å². The van der Waals surface area contributed by atoms with Crippen LogP contribution in [0.5, 0.6) is 0 Å². The van der Waals surface area contributed by atoms with Gasteiger partial charge in [0.1, 0.15) is 0 Å². The molecule has 1 rings (SSSR count). The van der Waals surface area contributed by atoms with E-state index >= 15 is 0 Å². The quantitative estimate of drug-likeness (QED) is 0.575. The van der Waals surface area contributed by atoms with Gasteiger partial charge in [0, 0.05) is 6.54 Å². The maximum atomic E-state index is 5.50. The first-order chi connectivity index (χ1) is 5.10. The van der Waals surface area contributed by atoms with Gasteiger partial charge in [-0.1, -0.05) is 13.8 Å². The summed E-state index contributed by atoms with van der Waals surface area (Å²) in [5, 5.41) is 0. The highest BCUT2D eigenvalue weighted by Gasteiger charge is 2.47. The van der Waals surface area contributed by atoms with Crippen LogP contribution in [0.15, 0.2) is 0 Å². The molecule has 1 heterocycles. The van der Waals surface area contributed by atoms with Gasteiger partial charge in [0.15, 0.2) is 0 Å². The van der Waals surface area contributed by atoms with Crippen LogP contribution in [0.2, 0.25) is 0 Å². The van der Waals surface area contributed by atoms with Crippen molar-refractivity contribution >= 4 is 0 Å². The van der Waals surface area contributed by atoms with Crippen molar-refractivity contribution in [1.82, 2.24) is 4.90 Å². The molecule has 1 aliphatic rings. The van der Waals surface area contributed by atoms with Crippen LogP contribution in [0.1, 0.15) is 27.7 Å². The Bertz CT molecular complexity index is 130. The van der Waals surface area contributed by atoms with E-state index in [-0.39, 0.29) is 5.60 Å². The molecule has 0 aromatic carbocycles. The lowest BCUT2D eigenvalue weighted by molar-refractivity contribution is 0.256. The van der Waals surface area contributed by atoms with E-state index in [1.807, 2.05) is 0 Å². The number of nitrogens with zero attached hydrogens (tertiary/aromatic N) is 1. The monoisotopic (exact) mass is 157 g/mol.